The molecule has 4 aromatic rings. The minimum Gasteiger partial charge on any atom is -0.380 e. The lowest BCUT2D eigenvalue weighted by Crippen LogP contribution is -2.50. The van der Waals surface area contributed by atoms with Crippen molar-refractivity contribution in [3.63, 3.8) is 0 Å². The smallest absolute Gasteiger partial charge is 0.179 e. The second kappa shape index (κ2) is 8.61. The molecule has 2 aliphatic rings. The van der Waals surface area contributed by atoms with Gasteiger partial charge in [-0.15, -0.1) is 10.2 Å². The molecule has 0 atom stereocenters. The van der Waals surface area contributed by atoms with Crippen molar-refractivity contribution in [2.75, 3.05) is 32.8 Å². The molecule has 0 amide bonds. The highest BCUT2D eigenvalue weighted by Crippen LogP contribution is 2.41. The Morgan fingerprint density at radius 3 is 2.69 bits per heavy atom. The van der Waals surface area contributed by atoms with Gasteiger partial charge in [0.25, 0.3) is 0 Å². The quantitative estimate of drug-likeness (QED) is 0.362. The Morgan fingerprint density at radius 2 is 2.00 bits per heavy atom. The number of hydrogen-bond acceptors (Lipinski definition) is 4. The van der Waals surface area contributed by atoms with E-state index in [-0.39, 0.29) is 0 Å². The topological polar surface area (TPSA) is 58.5 Å². The molecule has 0 unspecified atom stereocenters. The molecule has 6 rings (SSSR count). The van der Waals surface area contributed by atoms with Gasteiger partial charge >= 0.3 is 0 Å². The average molecular weight is 492 g/mol. The van der Waals surface area contributed by atoms with Crippen molar-refractivity contribution in [1.82, 2.24) is 24.5 Å². The highest BCUT2D eigenvalue weighted by molar-refractivity contribution is 6.34. The Labute approximate surface area is 211 Å². The van der Waals surface area contributed by atoms with Crippen LogP contribution in [0.4, 0.5) is 0 Å². The molecule has 0 saturated carbocycles. The number of nitrogens with one attached hydrogen (secondary N) is 1. The van der Waals surface area contributed by atoms with Crippen LogP contribution < -0.4 is 0 Å². The van der Waals surface area contributed by atoms with Crippen LogP contribution in [0.3, 0.4) is 0 Å². The Balaban J connectivity index is 1.33. The lowest BCUT2D eigenvalue weighted by atomic mass is 9.84. The zero-order valence-electron chi connectivity index (χ0n) is 21.1. The van der Waals surface area contributed by atoms with E-state index in [1.807, 2.05) is 4.40 Å². The first-order chi connectivity index (χ1) is 16.8. The first-order valence-corrected chi connectivity index (χ1v) is 13.2. The predicted molar refractivity (Wildman–Crippen MR) is 141 cm³/mol. The number of rotatable bonds is 5. The van der Waals surface area contributed by atoms with E-state index in [9.17, 15) is 0 Å². The number of H-pyrrole nitrogens is 1. The van der Waals surface area contributed by atoms with Gasteiger partial charge in [0, 0.05) is 34.6 Å². The van der Waals surface area contributed by atoms with E-state index < -0.39 is 0 Å². The molecule has 0 bridgehead atoms. The summed E-state index contributed by atoms with van der Waals surface area (Å²) in [6.45, 7) is 14.3. The van der Waals surface area contributed by atoms with Crippen molar-refractivity contribution in [2.45, 2.75) is 52.4 Å². The summed E-state index contributed by atoms with van der Waals surface area (Å²) in [6, 6.07) is 7.05. The van der Waals surface area contributed by atoms with Crippen LogP contribution >= 0.6 is 11.6 Å². The summed E-state index contributed by atoms with van der Waals surface area (Å²) in [7, 11) is 0. The number of benzene rings is 1. The van der Waals surface area contributed by atoms with E-state index in [0.29, 0.717) is 27.9 Å². The molecule has 2 fully saturated rings. The molecule has 3 aromatic heterocycles. The maximum absolute atomic E-state index is 6.70. The van der Waals surface area contributed by atoms with Gasteiger partial charge in [-0.1, -0.05) is 38.4 Å². The molecule has 5 heterocycles. The molecule has 2 aliphatic heterocycles. The van der Waals surface area contributed by atoms with E-state index in [0.717, 1.165) is 36.6 Å². The van der Waals surface area contributed by atoms with Crippen LogP contribution in [0.15, 0.2) is 30.7 Å². The van der Waals surface area contributed by atoms with Gasteiger partial charge in [-0.2, -0.15) is 0 Å². The van der Waals surface area contributed by atoms with Crippen molar-refractivity contribution >= 4 is 28.2 Å². The highest BCUT2D eigenvalue weighted by Gasteiger charge is 2.36. The van der Waals surface area contributed by atoms with E-state index in [1.54, 1.807) is 6.33 Å². The number of hydrogen-bond donors (Lipinski definition) is 1. The Kier molecular flexibility index (Phi) is 5.66. The van der Waals surface area contributed by atoms with Crippen molar-refractivity contribution in [1.29, 1.82) is 0 Å². The van der Waals surface area contributed by atoms with Crippen LogP contribution in [0.1, 0.15) is 62.1 Å². The number of aromatic amines is 1. The fraction of sp³-hybridized carbons (Fsp3) is 0.500. The van der Waals surface area contributed by atoms with Crippen LogP contribution in [0.25, 0.3) is 27.8 Å². The molecule has 0 aliphatic carbocycles. The second-order valence-corrected chi connectivity index (χ2v) is 11.6. The lowest BCUT2D eigenvalue weighted by Gasteiger charge is -2.43. The normalized spacial score (nSPS) is 19.1. The molecule has 2 saturated heterocycles. The van der Waals surface area contributed by atoms with Gasteiger partial charge in [0.15, 0.2) is 5.65 Å². The minimum atomic E-state index is 0.357. The maximum atomic E-state index is 6.70. The van der Waals surface area contributed by atoms with Crippen LogP contribution in [-0.4, -0.2) is 57.3 Å². The summed E-state index contributed by atoms with van der Waals surface area (Å²) >= 11 is 6.70. The molecule has 1 N–H and O–H groups in total. The molecular weight excluding hydrogens is 458 g/mol. The summed E-state index contributed by atoms with van der Waals surface area (Å²) in [5.74, 6) is 0.986. The number of pyridine rings is 1. The van der Waals surface area contributed by atoms with Gasteiger partial charge in [-0.3, -0.25) is 4.40 Å². The van der Waals surface area contributed by atoms with Crippen LogP contribution in [0, 0.1) is 12.3 Å². The minimum absolute atomic E-state index is 0.357. The van der Waals surface area contributed by atoms with Crippen molar-refractivity contribution in [3.8, 4) is 11.3 Å². The number of aromatic nitrogens is 4. The van der Waals surface area contributed by atoms with Crippen molar-refractivity contribution in [2.24, 2.45) is 5.41 Å². The summed E-state index contributed by atoms with van der Waals surface area (Å²) in [6.07, 6.45) is 6.24. The van der Waals surface area contributed by atoms with Gasteiger partial charge in [0.1, 0.15) is 6.33 Å². The largest absolute Gasteiger partial charge is 0.380 e. The van der Waals surface area contributed by atoms with Gasteiger partial charge < -0.3 is 14.6 Å². The first kappa shape index (κ1) is 23.0. The summed E-state index contributed by atoms with van der Waals surface area (Å²) in [5.41, 5.74) is 8.33. The van der Waals surface area contributed by atoms with E-state index >= 15 is 0 Å². The highest BCUT2D eigenvalue weighted by atomic mass is 35.5. The molecule has 1 aromatic carbocycles. The summed E-state index contributed by atoms with van der Waals surface area (Å²) < 4.78 is 7.37. The van der Waals surface area contributed by atoms with Crippen LogP contribution in [-0.2, 0) is 4.74 Å². The molecule has 6 nitrogen and oxygen atoms in total. The Bertz CT molecular complexity index is 1390. The predicted octanol–water partition coefficient (Wildman–Crippen LogP) is 6.18. The summed E-state index contributed by atoms with van der Waals surface area (Å²) in [5, 5.41) is 10.2. The Hall–Kier alpha value is -2.41. The maximum Gasteiger partial charge on any atom is 0.179 e. The zero-order valence-corrected chi connectivity index (χ0v) is 21.8. The van der Waals surface area contributed by atoms with Gasteiger partial charge in [-0.05, 0) is 73.5 Å². The SMILES string of the molecule is Cc1c(-c2[nH]c3ccc(C4CCN(CC5(C)COC5)CC4)cc3c2C(C)C)cn2cnnc2c1Cl. The molecule has 35 heavy (non-hydrogen) atoms. The van der Waals surface area contributed by atoms with Gasteiger partial charge in [0.05, 0.1) is 23.9 Å². The lowest BCUT2D eigenvalue weighted by molar-refractivity contribution is -0.116. The van der Waals surface area contributed by atoms with E-state index in [4.69, 9.17) is 16.3 Å². The van der Waals surface area contributed by atoms with Crippen molar-refractivity contribution < 1.29 is 4.74 Å². The van der Waals surface area contributed by atoms with Crippen molar-refractivity contribution in [3.05, 3.63) is 52.4 Å². The number of halogens is 1. The zero-order chi connectivity index (χ0) is 24.3. The third kappa shape index (κ3) is 3.96. The number of piperidine rings is 1. The monoisotopic (exact) mass is 491 g/mol. The van der Waals surface area contributed by atoms with Crippen LogP contribution in [0.5, 0.6) is 0 Å². The fourth-order valence-electron chi connectivity index (χ4n) is 6.07. The molecule has 0 spiro atoms. The third-order valence-electron chi connectivity index (χ3n) is 8.05. The van der Waals surface area contributed by atoms with Crippen LogP contribution in [0.2, 0.25) is 5.02 Å². The Morgan fingerprint density at radius 1 is 1.23 bits per heavy atom. The molecule has 0 radical (unpaired) electrons. The molecule has 7 heteroatoms. The average Bonchev–Trinajstić information content (AvgIpc) is 3.45. The van der Waals surface area contributed by atoms with E-state index in [2.05, 4.69) is 72.2 Å². The standard InChI is InChI=1S/C28H34ClN5O/c1-17(2)24-21-11-20(19-7-9-33(10-8-19)13-28(4)14-35-15-28)5-6-23(21)31-26(24)22-12-34-16-30-32-27(34)25(29)18(22)3/h5-6,11-12,16-17,19,31H,7-10,13-15H2,1-4H3. The first-order valence-electron chi connectivity index (χ1n) is 12.8. The fourth-order valence-corrected chi connectivity index (χ4v) is 6.31. The van der Waals surface area contributed by atoms with Gasteiger partial charge in [0.2, 0.25) is 0 Å². The van der Waals surface area contributed by atoms with Gasteiger partial charge in [-0.25, -0.2) is 0 Å². The molecular formula is C28H34ClN5O. The molecule has 184 valence electrons. The second-order valence-electron chi connectivity index (χ2n) is 11.3. The number of fused-ring (bicyclic) bond motifs is 2. The summed E-state index contributed by atoms with van der Waals surface area (Å²) in [4.78, 5) is 6.37. The number of nitrogens with zero attached hydrogens (tertiary/aromatic N) is 4. The number of ether oxygens (including phenoxy) is 1. The van der Waals surface area contributed by atoms with E-state index in [1.165, 1.54) is 48.0 Å². The third-order valence-corrected chi connectivity index (χ3v) is 8.50. The number of likely N-dealkylation sites (tertiary alicyclic amines) is 1.